The highest BCUT2D eigenvalue weighted by atomic mass is 16.5. The monoisotopic (exact) mass is 300 g/mol. The van der Waals surface area contributed by atoms with Gasteiger partial charge in [0.25, 0.3) is 5.66 Å². The molecule has 0 saturated heterocycles. The standard InChI is InChI=1S/C19H28N2O/c1-3-4-5-6-7-8-12-15-19(2)20-18(16-21(19)22)17-13-10-9-11-14-17/h9-11,13-14,16H,3-8,12,15H2,1-2H3. The summed E-state index contributed by atoms with van der Waals surface area (Å²) in [6.45, 7) is 4.19. The van der Waals surface area contributed by atoms with Gasteiger partial charge in [-0.25, -0.2) is 4.99 Å². The Kier molecular flexibility index (Phi) is 6.17. The molecule has 1 aromatic carbocycles. The maximum Gasteiger partial charge on any atom is 0.263 e. The molecule has 1 atom stereocenters. The minimum Gasteiger partial charge on any atom is -0.622 e. The Morgan fingerprint density at radius 2 is 1.64 bits per heavy atom. The van der Waals surface area contributed by atoms with E-state index in [1.165, 1.54) is 38.5 Å². The lowest BCUT2D eigenvalue weighted by Crippen LogP contribution is -2.30. The van der Waals surface area contributed by atoms with Gasteiger partial charge >= 0.3 is 0 Å². The van der Waals surface area contributed by atoms with E-state index in [0.717, 1.165) is 28.9 Å². The van der Waals surface area contributed by atoms with Gasteiger partial charge in [0, 0.05) is 18.9 Å². The van der Waals surface area contributed by atoms with E-state index in [1.54, 1.807) is 6.21 Å². The lowest BCUT2D eigenvalue weighted by atomic mass is 10.0. The second kappa shape index (κ2) is 8.11. The van der Waals surface area contributed by atoms with Crippen LogP contribution in [0.2, 0.25) is 0 Å². The van der Waals surface area contributed by atoms with Gasteiger partial charge in [-0.1, -0.05) is 75.8 Å². The van der Waals surface area contributed by atoms with Crippen LogP contribution in [0.4, 0.5) is 0 Å². The molecule has 0 aliphatic carbocycles. The molecule has 0 amide bonds. The van der Waals surface area contributed by atoms with Gasteiger partial charge in [-0.05, 0) is 6.42 Å². The van der Waals surface area contributed by atoms with Gasteiger partial charge in [0.15, 0.2) is 0 Å². The van der Waals surface area contributed by atoms with E-state index < -0.39 is 5.66 Å². The van der Waals surface area contributed by atoms with Crippen molar-refractivity contribution in [1.29, 1.82) is 0 Å². The maximum absolute atomic E-state index is 12.2. The zero-order chi connectivity index (χ0) is 15.8. The van der Waals surface area contributed by atoms with Crippen LogP contribution < -0.4 is 0 Å². The summed E-state index contributed by atoms with van der Waals surface area (Å²) in [6.07, 6.45) is 11.3. The quantitative estimate of drug-likeness (QED) is 0.362. The van der Waals surface area contributed by atoms with E-state index in [0.29, 0.717) is 0 Å². The minimum absolute atomic E-state index is 0.616. The molecule has 1 heterocycles. The fourth-order valence-corrected chi connectivity index (χ4v) is 2.92. The van der Waals surface area contributed by atoms with Crippen LogP contribution in [0, 0.1) is 5.21 Å². The molecule has 0 N–H and O–H groups in total. The van der Waals surface area contributed by atoms with Crippen molar-refractivity contribution in [2.45, 2.75) is 70.9 Å². The van der Waals surface area contributed by atoms with Gasteiger partial charge in [0.1, 0.15) is 5.71 Å². The molecule has 1 aromatic rings. The van der Waals surface area contributed by atoms with Crippen LogP contribution in [0.3, 0.4) is 0 Å². The number of unbranched alkanes of at least 4 members (excludes halogenated alkanes) is 6. The van der Waals surface area contributed by atoms with Gasteiger partial charge in [-0.3, -0.25) is 0 Å². The zero-order valence-electron chi connectivity index (χ0n) is 13.9. The molecule has 0 saturated carbocycles. The Morgan fingerprint density at radius 1 is 1.00 bits per heavy atom. The highest BCUT2D eigenvalue weighted by molar-refractivity contribution is 6.37. The van der Waals surface area contributed by atoms with E-state index in [2.05, 4.69) is 6.92 Å². The summed E-state index contributed by atoms with van der Waals surface area (Å²) in [4.78, 5) is 4.69. The second-order valence-corrected chi connectivity index (χ2v) is 6.41. The van der Waals surface area contributed by atoms with Crippen LogP contribution in [0.5, 0.6) is 0 Å². The van der Waals surface area contributed by atoms with Crippen molar-refractivity contribution < 1.29 is 4.74 Å². The predicted octanol–water partition coefficient (Wildman–Crippen LogP) is 4.93. The van der Waals surface area contributed by atoms with Crippen LogP contribution in [0.25, 0.3) is 0 Å². The first-order valence-electron chi connectivity index (χ1n) is 8.62. The molecule has 0 spiro atoms. The fourth-order valence-electron chi connectivity index (χ4n) is 2.92. The number of hydrogen-bond donors (Lipinski definition) is 0. The van der Waals surface area contributed by atoms with Crippen LogP contribution in [-0.2, 0) is 0 Å². The normalized spacial score (nSPS) is 20.8. The van der Waals surface area contributed by atoms with Gasteiger partial charge < -0.3 is 5.21 Å². The molecular weight excluding hydrogens is 272 g/mol. The highest BCUT2D eigenvalue weighted by Gasteiger charge is 2.37. The van der Waals surface area contributed by atoms with Crippen LogP contribution >= 0.6 is 0 Å². The lowest BCUT2D eigenvalue weighted by Gasteiger charge is -2.20. The first-order valence-corrected chi connectivity index (χ1v) is 8.62. The summed E-state index contributed by atoms with van der Waals surface area (Å²) < 4.78 is 1.03. The number of hydrogen-bond acceptors (Lipinski definition) is 2. The van der Waals surface area contributed by atoms with Crippen molar-refractivity contribution in [3.63, 3.8) is 0 Å². The van der Waals surface area contributed by atoms with Crippen molar-refractivity contribution in [1.82, 2.24) is 0 Å². The number of hydroxylamine groups is 1. The molecular formula is C19H28N2O. The maximum atomic E-state index is 12.2. The third kappa shape index (κ3) is 4.43. The first-order chi connectivity index (χ1) is 10.7. The van der Waals surface area contributed by atoms with Crippen molar-refractivity contribution in [2.75, 3.05) is 0 Å². The Morgan fingerprint density at radius 3 is 2.32 bits per heavy atom. The molecule has 3 heteroatoms. The number of rotatable bonds is 9. The predicted molar refractivity (Wildman–Crippen MR) is 93.7 cm³/mol. The molecule has 0 bridgehead atoms. The Balaban J connectivity index is 1.83. The summed E-state index contributed by atoms with van der Waals surface area (Å²) in [5.74, 6) is 0. The molecule has 2 rings (SSSR count). The summed E-state index contributed by atoms with van der Waals surface area (Å²) >= 11 is 0. The Bertz CT molecular complexity index is 521. The molecule has 120 valence electrons. The number of aliphatic imine (C=N–C) groups is 1. The SMILES string of the molecule is CCCCCCCCCC1(C)N=C(c2ccccc2)C=[N+]1[O-]. The van der Waals surface area contributed by atoms with Gasteiger partial charge in [-0.2, -0.15) is 4.74 Å². The Labute approximate surface area is 134 Å². The summed E-state index contributed by atoms with van der Waals surface area (Å²) in [7, 11) is 0. The largest absolute Gasteiger partial charge is 0.622 e. The molecule has 1 unspecified atom stereocenters. The van der Waals surface area contributed by atoms with E-state index in [-0.39, 0.29) is 0 Å². The van der Waals surface area contributed by atoms with E-state index in [4.69, 9.17) is 4.99 Å². The van der Waals surface area contributed by atoms with Gasteiger partial charge in [0.05, 0.1) is 0 Å². The smallest absolute Gasteiger partial charge is 0.263 e. The first kappa shape index (κ1) is 16.7. The topological polar surface area (TPSA) is 38.4 Å². The third-order valence-corrected chi connectivity index (χ3v) is 4.40. The van der Waals surface area contributed by atoms with E-state index in [1.807, 2.05) is 37.3 Å². The lowest BCUT2D eigenvalue weighted by molar-refractivity contribution is -0.535. The van der Waals surface area contributed by atoms with Crippen LogP contribution in [0.15, 0.2) is 35.3 Å². The molecule has 22 heavy (non-hydrogen) atoms. The average molecular weight is 300 g/mol. The zero-order valence-corrected chi connectivity index (χ0v) is 13.9. The fraction of sp³-hybridized carbons (Fsp3) is 0.579. The average Bonchev–Trinajstić information content (AvgIpc) is 2.83. The van der Waals surface area contributed by atoms with Crippen molar-refractivity contribution >= 4 is 11.9 Å². The van der Waals surface area contributed by atoms with E-state index in [9.17, 15) is 5.21 Å². The molecule has 3 nitrogen and oxygen atoms in total. The highest BCUT2D eigenvalue weighted by Crippen LogP contribution is 2.25. The van der Waals surface area contributed by atoms with Crippen molar-refractivity contribution in [2.24, 2.45) is 4.99 Å². The van der Waals surface area contributed by atoms with Crippen LogP contribution in [-0.4, -0.2) is 22.3 Å². The summed E-state index contributed by atoms with van der Waals surface area (Å²) in [6, 6.07) is 9.94. The van der Waals surface area contributed by atoms with Gasteiger partial charge in [-0.15, -0.1) is 0 Å². The number of nitrogens with zero attached hydrogens (tertiary/aromatic N) is 2. The van der Waals surface area contributed by atoms with Crippen LogP contribution in [0.1, 0.15) is 70.8 Å². The molecule has 0 radical (unpaired) electrons. The number of benzene rings is 1. The molecule has 0 aromatic heterocycles. The molecule has 1 aliphatic rings. The summed E-state index contributed by atoms with van der Waals surface area (Å²) in [5, 5.41) is 12.2. The van der Waals surface area contributed by atoms with Gasteiger partial charge in [0.2, 0.25) is 6.21 Å². The molecule has 1 aliphatic heterocycles. The third-order valence-electron chi connectivity index (χ3n) is 4.40. The molecule has 0 fully saturated rings. The van der Waals surface area contributed by atoms with E-state index >= 15 is 0 Å². The minimum atomic E-state index is -0.616. The second-order valence-electron chi connectivity index (χ2n) is 6.41. The Hall–Kier alpha value is -1.64. The van der Waals surface area contributed by atoms with Crippen molar-refractivity contribution in [3.05, 3.63) is 41.1 Å². The summed E-state index contributed by atoms with van der Waals surface area (Å²) in [5.41, 5.74) is 1.21. The van der Waals surface area contributed by atoms with Crippen molar-refractivity contribution in [3.8, 4) is 0 Å².